The first-order chi connectivity index (χ1) is 16.4. The normalized spacial score (nSPS) is 15.9. The lowest BCUT2D eigenvalue weighted by atomic mass is 10.0. The van der Waals surface area contributed by atoms with Gasteiger partial charge in [0.05, 0.1) is 30.5 Å². The number of piperazine rings is 1. The second kappa shape index (κ2) is 10.7. The van der Waals surface area contributed by atoms with Gasteiger partial charge in [0, 0.05) is 41.4 Å². The van der Waals surface area contributed by atoms with Gasteiger partial charge in [-0.05, 0) is 53.6 Å². The largest absolute Gasteiger partial charge is 0.497 e. The molecule has 3 aromatic rings. The van der Waals surface area contributed by atoms with Crippen LogP contribution in [0.2, 0.25) is 15.1 Å². The van der Waals surface area contributed by atoms with Crippen LogP contribution in [0.3, 0.4) is 0 Å². The van der Waals surface area contributed by atoms with Gasteiger partial charge >= 0.3 is 6.03 Å². The minimum absolute atomic E-state index is 0.145. The number of halogens is 3. The number of aliphatic hydroxyl groups is 1. The third kappa shape index (κ3) is 5.53. The second-order valence-corrected chi connectivity index (χ2v) is 9.24. The van der Waals surface area contributed by atoms with E-state index in [2.05, 4.69) is 10.2 Å². The third-order valence-corrected chi connectivity index (χ3v) is 6.57. The van der Waals surface area contributed by atoms with Gasteiger partial charge in [0.25, 0.3) is 0 Å². The first kappa shape index (κ1) is 24.5. The fraction of sp³-hybridized carbons (Fsp3) is 0.240. The minimum Gasteiger partial charge on any atom is -0.497 e. The van der Waals surface area contributed by atoms with E-state index < -0.39 is 0 Å². The molecule has 1 unspecified atom stereocenters. The Balaban J connectivity index is 1.59. The van der Waals surface area contributed by atoms with Gasteiger partial charge in [-0.3, -0.25) is 0 Å². The number of urea groups is 1. The van der Waals surface area contributed by atoms with E-state index in [1.807, 2.05) is 36.4 Å². The number of amides is 2. The van der Waals surface area contributed by atoms with Gasteiger partial charge in [0.15, 0.2) is 0 Å². The maximum Gasteiger partial charge on any atom is 0.321 e. The van der Waals surface area contributed by atoms with E-state index in [1.165, 1.54) is 0 Å². The van der Waals surface area contributed by atoms with E-state index >= 15 is 0 Å². The molecule has 1 saturated heterocycles. The van der Waals surface area contributed by atoms with Crippen LogP contribution < -0.4 is 15.0 Å². The summed E-state index contributed by atoms with van der Waals surface area (Å²) in [5.74, 6) is 0.558. The van der Waals surface area contributed by atoms with E-state index in [9.17, 15) is 9.90 Å². The Hall–Kier alpha value is -2.64. The molecule has 0 aliphatic carbocycles. The standard InChI is InChI=1S/C25H24Cl3N3O3/c1-34-21-11-16(15-32)10-20(13-21)29-25(33)30-8-9-31(23-7-6-19(27)12-22(23)28)24(14-30)17-2-4-18(26)5-3-17/h2-7,10-13,24,32H,8-9,14-15H2,1H3,(H,29,33). The van der Waals surface area contributed by atoms with Crippen LogP contribution in [0.4, 0.5) is 16.2 Å². The van der Waals surface area contributed by atoms with Crippen molar-refractivity contribution in [1.29, 1.82) is 0 Å². The van der Waals surface area contributed by atoms with Crippen LogP contribution in [0.25, 0.3) is 0 Å². The van der Waals surface area contributed by atoms with Crippen LogP contribution >= 0.6 is 34.8 Å². The molecule has 1 atom stereocenters. The molecule has 0 saturated carbocycles. The first-order valence-corrected chi connectivity index (χ1v) is 11.8. The third-order valence-electron chi connectivity index (χ3n) is 5.78. The molecular formula is C25H24Cl3N3O3. The Kier molecular flexibility index (Phi) is 7.73. The molecule has 2 amide bonds. The second-order valence-electron chi connectivity index (χ2n) is 7.96. The highest BCUT2D eigenvalue weighted by Gasteiger charge is 2.32. The fourth-order valence-electron chi connectivity index (χ4n) is 4.08. The number of carbonyl (C=O) groups excluding carboxylic acids is 1. The molecule has 1 aliphatic heterocycles. The van der Waals surface area contributed by atoms with E-state index in [4.69, 9.17) is 39.5 Å². The number of aliphatic hydroxyl groups excluding tert-OH is 1. The van der Waals surface area contributed by atoms with Gasteiger partial charge in [0.2, 0.25) is 0 Å². The molecule has 4 rings (SSSR count). The summed E-state index contributed by atoms with van der Waals surface area (Å²) in [6.45, 7) is 1.34. The maximum atomic E-state index is 13.2. The summed E-state index contributed by atoms with van der Waals surface area (Å²) in [4.78, 5) is 17.1. The van der Waals surface area contributed by atoms with E-state index in [0.717, 1.165) is 11.3 Å². The molecule has 0 spiro atoms. The number of carbonyl (C=O) groups is 1. The summed E-state index contributed by atoms with van der Waals surface area (Å²) in [7, 11) is 1.54. The van der Waals surface area contributed by atoms with Crippen LogP contribution in [-0.4, -0.2) is 42.8 Å². The number of nitrogens with one attached hydrogen (secondary N) is 1. The Morgan fingerprint density at radius 3 is 2.44 bits per heavy atom. The van der Waals surface area contributed by atoms with E-state index in [0.29, 0.717) is 51.7 Å². The Labute approximate surface area is 213 Å². The molecule has 178 valence electrons. The van der Waals surface area contributed by atoms with Crippen molar-refractivity contribution < 1.29 is 14.6 Å². The number of hydrogen-bond donors (Lipinski definition) is 2. The molecular weight excluding hydrogens is 497 g/mol. The summed E-state index contributed by atoms with van der Waals surface area (Å²) in [6, 6.07) is 17.8. The highest BCUT2D eigenvalue weighted by Crippen LogP contribution is 2.37. The van der Waals surface area contributed by atoms with Gasteiger partial charge in [-0.1, -0.05) is 46.9 Å². The molecule has 0 radical (unpaired) electrons. The SMILES string of the molecule is COc1cc(CO)cc(NC(=O)N2CCN(c3ccc(Cl)cc3Cl)C(c3ccc(Cl)cc3)C2)c1. The predicted molar refractivity (Wildman–Crippen MR) is 138 cm³/mol. The van der Waals surface area contributed by atoms with Crippen LogP contribution in [-0.2, 0) is 6.61 Å². The smallest absolute Gasteiger partial charge is 0.321 e. The molecule has 2 N–H and O–H groups in total. The van der Waals surface area contributed by atoms with Gasteiger partial charge in [-0.2, -0.15) is 0 Å². The van der Waals surface area contributed by atoms with Gasteiger partial charge in [-0.25, -0.2) is 4.79 Å². The molecule has 6 nitrogen and oxygen atoms in total. The van der Waals surface area contributed by atoms with Gasteiger partial charge in [0.1, 0.15) is 5.75 Å². The Bertz CT molecular complexity index is 1150. The zero-order valence-corrected chi connectivity index (χ0v) is 20.7. The van der Waals surface area contributed by atoms with E-state index in [-0.39, 0.29) is 18.7 Å². The highest BCUT2D eigenvalue weighted by atomic mass is 35.5. The maximum absolute atomic E-state index is 13.2. The quantitative estimate of drug-likeness (QED) is 0.418. The number of benzene rings is 3. The van der Waals surface area contributed by atoms with Crippen molar-refractivity contribution in [3.05, 3.63) is 86.9 Å². The lowest BCUT2D eigenvalue weighted by Gasteiger charge is -2.43. The van der Waals surface area contributed by atoms with Crippen molar-refractivity contribution in [1.82, 2.24) is 4.90 Å². The predicted octanol–water partition coefficient (Wildman–Crippen LogP) is 6.24. The topological polar surface area (TPSA) is 65.0 Å². The van der Waals surface area contributed by atoms with Crippen LogP contribution in [0.15, 0.2) is 60.7 Å². The van der Waals surface area contributed by atoms with Gasteiger partial charge < -0.3 is 25.0 Å². The number of hydrogen-bond acceptors (Lipinski definition) is 4. The average Bonchev–Trinajstić information content (AvgIpc) is 2.84. The monoisotopic (exact) mass is 519 g/mol. The van der Waals surface area contributed by atoms with Crippen LogP contribution in [0.5, 0.6) is 5.75 Å². The summed E-state index contributed by atoms with van der Waals surface area (Å²) in [5, 5.41) is 14.2. The van der Waals surface area contributed by atoms with Crippen molar-refractivity contribution in [2.24, 2.45) is 0 Å². The van der Waals surface area contributed by atoms with Crippen molar-refractivity contribution in [2.75, 3.05) is 37.0 Å². The molecule has 1 aliphatic rings. The van der Waals surface area contributed by atoms with Gasteiger partial charge in [-0.15, -0.1) is 0 Å². The number of anilines is 2. The van der Waals surface area contributed by atoms with E-state index in [1.54, 1.807) is 36.3 Å². The molecule has 9 heteroatoms. The lowest BCUT2D eigenvalue weighted by molar-refractivity contribution is 0.198. The molecule has 1 fully saturated rings. The van der Waals surface area contributed by atoms with Crippen molar-refractivity contribution >= 4 is 52.2 Å². The summed E-state index contributed by atoms with van der Waals surface area (Å²) < 4.78 is 5.28. The molecule has 1 heterocycles. The molecule has 34 heavy (non-hydrogen) atoms. The lowest BCUT2D eigenvalue weighted by Crippen LogP contribution is -2.51. The zero-order valence-electron chi connectivity index (χ0n) is 18.5. The highest BCUT2D eigenvalue weighted by molar-refractivity contribution is 6.36. The number of rotatable bonds is 5. The van der Waals surface area contributed by atoms with Crippen molar-refractivity contribution in [2.45, 2.75) is 12.6 Å². The summed E-state index contributed by atoms with van der Waals surface area (Å²) >= 11 is 18.8. The van der Waals surface area contributed by atoms with Crippen molar-refractivity contribution in [3.63, 3.8) is 0 Å². The Morgan fingerprint density at radius 1 is 1.03 bits per heavy atom. The Morgan fingerprint density at radius 2 is 1.76 bits per heavy atom. The fourth-order valence-corrected chi connectivity index (χ4v) is 4.73. The van der Waals surface area contributed by atoms with Crippen molar-refractivity contribution in [3.8, 4) is 5.75 Å². The molecule has 0 aromatic heterocycles. The van der Waals surface area contributed by atoms with Crippen LogP contribution in [0.1, 0.15) is 17.2 Å². The number of ether oxygens (including phenoxy) is 1. The number of methoxy groups -OCH3 is 1. The first-order valence-electron chi connectivity index (χ1n) is 10.7. The minimum atomic E-state index is -0.238. The zero-order chi connectivity index (χ0) is 24.2. The summed E-state index contributed by atoms with van der Waals surface area (Å²) in [5.41, 5.74) is 3.07. The number of nitrogens with zero attached hydrogens (tertiary/aromatic N) is 2. The summed E-state index contributed by atoms with van der Waals surface area (Å²) in [6.07, 6.45) is 0. The average molecular weight is 521 g/mol. The molecule has 0 bridgehead atoms. The molecule has 3 aromatic carbocycles. The van der Waals surface area contributed by atoms with Crippen LogP contribution in [0, 0.1) is 0 Å².